The summed E-state index contributed by atoms with van der Waals surface area (Å²) in [7, 11) is 0. The SMILES string of the molecule is CC1C(=O)N2CC(O)C(CO)OC12. The zero-order valence-electron chi connectivity index (χ0n) is 7.38. The number of β-lactam (4-membered cyclic amide) rings is 1. The average molecular weight is 187 g/mol. The van der Waals surface area contributed by atoms with E-state index in [0.717, 1.165) is 0 Å². The standard InChI is InChI=1S/C8H13NO4/c1-4-7(12)9-2-5(11)6(3-10)13-8(4)9/h4-6,8,10-11H,2-3H2,1H3. The number of aliphatic hydroxyl groups is 2. The van der Waals surface area contributed by atoms with Crippen molar-refractivity contribution in [3.05, 3.63) is 0 Å². The van der Waals surface area contributed by atoms with Crippen molar-refractivity contribution in [1.29, 1.82) is 0 Å². The smallest absolute Gasteiger partial charge is 0.232 e. The first-order valence-electron chi connectivity index (χ1n) is 4.40. The number of hydrogen-bond acceptors (Lipinski definition) is 4. The number of nitrogens with zero attached hydrogens (tertiary/aromatic N) is 1. The Bertz CT molecular complexity index is 232. The van der Waals surface area contributed by atoms with Crippen molar-refractivity contribution in [2.24, 2.45) is 5.92 Å². The van der Waals surface area contributed by atoms with Gasteiger partial charge in [0.15, 0.2) is 0 Å². The molecule has 2 N–H and O–H groups in total. The molecule has 5 heteroatoms. The van der Waals surface area contributed by atoms with Crippen LogP contribution in [0.15, 0.2) is 0 Å². The Morgan fingerprint density at radius 1 is 1.69 bits per heavy atom. The van der Waals surface area contributed by atoms with Crippen LogP contribution in [0.2, 0.25) is 0 Å². The molecular weight excluding hydrogens is 174 g/mol. The highest BCUT2D eigenvalue weighted by Crippen LogP contribution is 2.32. The van der Waals surface area contributed by atoms with Gasteiger partial charge in [0, 0.05) is 0 Å². The van der Waals surface area contributed by atoms with Gasteiger partial charge in [-0.3, -0.25) is 4.79 Å². The first kappa shape index (κ1) is 8.93. The predicted octanol–water partition coefficient (Wildman–Crippen LogP) is -1.46. The van der Waals surface area contributed by atoms with Gasteiger partial charge in [-0.2, -0.15) is 0 Å². The van der Waals surface area contributed by atoms with Crippen molar-refractivity contribution in [2.75, 3.05) is 13.2 Å². The third kappa shape index (κ3) is 1.15. The molecule has 0 aliphatic carbocycles. The number of hydrogen-bond donors (Lipinski definition) is 2. The second kappa shape index (κ2) is 2.94. The van der Waals surface area contributed by atoms with Crippen molar-refractivity contribution in [2.45, 2.75) is 25.4 Å². The lowest BCUT2D eigenvalue weighted by molar-refractivity contribution is -0.248. The Labute approximate surface area is 75.9 Å². The predicted molar refractivity (Wildman–Crippen MR) is 42.6 cm³/mol. The molecule has 0 aromatic carbocycles. The summed E-state index contributed by atoms with van der Waals surface area (Å²) in [5.41, 5.74) is 0. The molecule has 0 bridgehead atoms. The van der Waals surface area contributed by atoms with Crippen LogP contribution in [-0.2, 0) is 9.53 Å². The van der Waals surface area contributed by atoms with Gasteiger partial charge in [-0.05, 0) is 6.92 Å². The van der Waals surface area contributed by atoms with Gasteiger partial charge in [0.2, 0.25) is 5.91 Å². The van der Waals surface area contributed by atoms with E-state index in [4.69, 9.17) is 9.84 Å². The van der Waals surface area contributed by atoms with E-state index in [1.807, 2.05) is 0 Å². The van der Waals surface area contributed by atoms with Crippen LogP contribution in [-0.4, -0.2) is 52.6 Å². The van der Waals surface area contributed by atoms with Crippen molar-refractivity contribution >= 4 is 5.91 Å². The van der Waals surface area contributed by atoms with Gasteiger partial charge in [0.25, 0.3) is 0 Å². The van der Waals surface area contributed by atoms with Crippen LogP contribution in [0, 0.1) is 5.92 Å². The summed E-state index contributed by atoms with van der Waals surface area (Å²) in [6.07, 6.45) is -1.55. The van der Waals surface area contributed by atoms with Crippen molar-refractivity contribution in [3.8, 4) is 0 Å². The van der Waals surface area contributed by atoms with Crippen molar-refractivity contribution < 1.29 is 19.7 Å². The van der Waals surface area contributed by atoms with Crippen LogP contribution in [0.1, 0.15) is 6.92 Å². The van der Waals surface area contributed by atoms with Gasteiger partial charge in [0.05, 0.1) is 19.1 Å². The minimum atomic E-state index is -0.766. The average Bonchev–Trinajstić information content (AvgIpc) is 2.16. The number of ether oxygens (including phenoxy) is 1. The molecule has 2 aliphatic rings. The van der Waals surface area contributed by atoms with Crippen LogP contribution in [0.25, 0.3) is 0 Å². The van der Waals surface area contributed by atoms with Crippen molar-refractivity contribution in [3.63, 3.8) is 0 Å². The third-order valence-corrected chi connectivity index (χ3v) is 2.71. The second-order valence-corrected chi connectivity index (χ2v) is 3.59. The summed E-state index contributed by atoms with van der Waals surface area (Å²) in [4.78, 5) is 12.7. The molecule has 1 amide bonds. The van der Waals surface area contributed by atoms with Gasteiger partial charge in [-0.25, -0.2) is 0 Å². The molecule has 0 saturated carbocycles. The minimum absolute atomic E-state index is 0.0143. The van der Waals surface area contributed by atoms with Crippen molar-refractivity contribution in [1.82, 2.24) is 4.90 Å². The molecule has 13 heavy (non-hydrogen) atoms. The molecule has 4 atom stereocenters. The van der Waals surface area contributed by atoms with E-state index in [9.17, 15) is 9.90 Å². The number of amides is 1. The highest BCUT2D eigenvalue weighted by molar-refractivity contribution is 5.85. The molecule has 0 aromatic rings. The summed E-state index contributed by atoms with van der Waals surface area (Å²) in [5.74, 6) is -0.123. The number of rotatable bonds is 1. The number of carbonyl (C=O) groups is 1. The third-order valence-electron chi connectivity index (χ3n) is 2.71. The summed E-state index contributed by atoms with van der Waals surface area (Å²) < 4.78 is 5.33. The number of aliphatic hydroxyl groups excluding tert-OH is 2. The van der Waals surface area contributed by atoms with Gasteiger partial charge in [-0.1, -0.05) is 0 Å². The monoisotopic (exact) mass is 187 g/mol. The molecule has 5 nitrogen and oxygen atoms in total. The second-order valence-electron chi connectivity index (χ2n) is 3.59. The maximum Gasteiger partial charge on any atom is 0.232 e. The molecule has 4 unspecified atom stereocenters. The Hall–Kier alpha value is -0.650. The molecule has 2 aliphatic heterocycles. The van der Waals surface area contributed by atoms with Crippen LogP contribution < -0.4 is 0 Å². The zero-order valence-corrected chi connectivity index (χ0v) is 7.38. The summed E-state index contributed by atoms with van der Waals surface area (Å²) in [5, 5.41) is 18.3. The van der Waals surface area contributed by atoms with E-state index < -0.39 is 12.2 Å². The fourth-order valence-electron chi connectivity index (χ4n) is 1.84. The van der Waals surface area contributed by atoms with E-state index in [1.54, 1.807) is 6.92 Å². The molecule has 0 radical (unpaired) electrons. The maximum atomic E-state index is 11.2. The van der Waals surface area contributed by atoms with Gasteiger partial charge >= 0.3 is 0 Å². The Kier molecular flexibility index (Phi) is 2.02. The topological polar surface area (TPSA) is 70.0 Å². The van der Waals surface area contributed by atoms with Gasteiger partial charge in [0.1, 0.15) is 18.4 Å². The highest BCUT2D eigenvalue weighted by atomic mass is 16.5. The normalized spacial score (nSPS) is 44.2. The molecule has 0 aromatic heterocycles. The van der Waals surface area contributed by atoms with E-state index in [-0.39, 0.29) is 31.2 Å². The fourth-order valence-corrected chi connectivity index (χ4v) is 1.84. The molecule has 74 valence electrons. The molecule has 2 fully saturated rings. The maximum absolute atomic E-state index is 11.2. The summed E-state index contributed by atoms with van der Waals surface area (Å²) in [6, 6.07) is 0. The molecule has 0 spiro atoms. The summed E-state index contributed by atoms with van der Waals surface area (Å²) in [6.45, 7) is 1.86. The Balaban J connectivity index is 2.04. The lowest BCUT2D eigenvalue weighted by atomic mass is 9.94. The molecular formula is C8H13NO4. The largest absolute Gasteiger partial charge is 0.394 e. The molecule has 2 heterocycles. The fraction of sp³-hybridized carbons (Fsp3) is 0.875. The van der Waals surface area contributed by atoms with Crippen LogP contribution in [0.5, 0.6) is 0 Å². The quantitative estimate of drug-likeness (QED) is 0.492. The van der Waals surface area contributed by atoms with Gasteiger partial charge < -0.3 is 19.8 Å². The van der Waals surface area contributed by atoms with E-state index >= 15 is 0 Å². The Morgan fingerprint density at radius 3 is 3.00 bits per heavy atom. The zero-order chi connectivity index (χ0) is 9.59. The number of fused-ring (bicyclic) bond motifs is 1. The first-order valence-corrected chi connectivity index (χ1v) is 4.40. The highest BCUT2D eigenvalue weighted by Gasteiger charge is 2.50. The Morgan fingerprint density at radius 2 is 2.38 bits per heavy atom. The van der Waals surface area contributed by atoms with Crippen LogP contribution in [0.4, 0.5) is 0 Å². The van der Waals surface area contributed by atoms with E-state index in [2.05, 4.69) is 0 Å². The van der Waals surface area contributed by atoms with Gasteiger partial charge in [-0.15, -0.1) is 0 Å². The number of carbonyl (C=O) groups excluding carboxylic acids is 1. The first-order chi connectivity index (χ1) is 6.15. The van der Waals surface area contributed by atoms with E-state index in [1.165, 1.54) is 4.90 Å². The minimum Gasteiger partial charge on any atom is -0.394 e. The lowest BCUT2D eigenvalue weighted by Gasteiger charge is -2.51. The van der Waals surface area contributed by atoms with Crippen LogP contribution in [0.3, 0.4) is 0 Å². The summed E-state index contributed by atoms with van der Waals surface area (Å²) >= 11 is 0. The molecule has 2 saturated heterocycles. The molecule has 2 rings (SSSR count). The van der Waals surface area contributed by atoms with Crippen LogP contribution >= 0.6 is 0 Å². The lowest BCUT2D eigenvalue weighted by Crippen LogP contribution is -2.68. The van der Waals surface area contributed by atoms with E-state index in [0.29, 0.717) is 0 Å².